The van der Waals surface area contributed by atoms with Crippen molar-refractivity contribution in [2.75, 3.05) is 32.5 Å². The smallest absolute Gasteiger partial charge is 0.335 e. The van der Waals surface area contributed by atoms with Gasteiger partial charge in [-0.1, -0.05) is 0 Å². The highest BCUT2D eigenvalue weighted by Crippen LogP contribution is 2.06. The van der Waals surface area contributed by atoms with Crippen molar-refractivity contribution in [2.24, 2.45) is 0 Å². The van der Waals surface area contributed by atoms with Crippen molar-refractivity contribution in [1.29, 1.82) is 0 Å². The van der Waals surface area contributed by atoms with E-state index < -0.39 is 5.97 Å². The van der Waals surface area contributed by atoms with E-state index in [-0.39, 0.29) is 5.56 Å². The lowest BCUT2D eigenvalue weighted by Gasteiger charge is -2.09. The Labute approximate surface area is 101 Å². The number of aromatic carboxylic acids is 1. The third kappa shape index (κ3) is 5.31. The van der Waals surface area contributed by atoms with Crippen molar-refractivity contribution in [1.82, 2.24) is 9.88 Å². The zero-order chi connectivity index (χ0) is 12.7. The van der Waals surface area contributed by atoms with Crippen molar-refractivity contribution in [3.63, 3.8) is 0 Å². The summed E-state index contributed by atoms with van der Waals surface area (Å²) in [6.07, 6.45) is 3.65. The Balaban J connectivity index is 2.31. The highest BCUT2D eigenvalue weighted by atomic mass is 16.4. The van der Waals surface area contributed by atoms with Gasteiger partial charge in [0.05, 0.1) is 5.56 Å². The van der Waals surface area contributed by atoms with Crippen LogP contribution in [-0.2, 0) is 0 Å². The molecule has 0 saturated heterocycles. The lowest BCUT2D eigenvalue weighted by atomic mass is 10.2. The van der Waals surface area contributed by atoms with E-state index in [1.54, 1.807) is 6.07 Å². The second-order valence-corrected chi connectivity index (χ2v) is 4.17. The van der Waals surface area contributed by atoms with E-state index in [1.807, 2.05) is 14.1 Å². The number of hydrogen-bond acceptors (Lipinski definition) is 4. The zero-order valence-electron chi connectivity index (χ0n) is 10.3. The summed E-state index contributed by atoms with van der Waals surface area (Å²) in [5.41, 5.74) is 0.260. The van der Waals surface area contributed by atoms with E-state index in [1.165, 1.54) is 12.3 Å². The molecule has 2 N–H and O–H groups in total. The Bertz CT molecular complexity index is 367. The van der Waals surface area contributed by atoms with E-state index in [0.717, 1.165) is 25.9 Å². The van der Waals surface area contributed by atoms with E-state index in [9.17, 15) is 4.79 Å². The first-order valence-electron chi connectivity index (χ1n) is 5.67. The molecule has 0 aromatic carbocycles. The first-order chi connectivity index (χ1) is 8.09. The fourth-order valence-electron chi connectivity index (χ4n) is 1.43. The van der Waals surface area contributed by atoms with Crippen molar-refractivity contribution < 1.29 is 9.90 Å². The molecule has 0 aliphatic heterocycles. The third-order valence-electron chi connectivity index (χ3n) is 2.35. The van der Waals surface area contributed by atoms with Crippen molar-refractivity contribution >= 4 is 11.8 Å². The van der Waals surface area contributed by atoms with Crippen LogP contribution in [0.5, 0.6) is 0 Å². The number of aromatic nitrogens is 1. The molecule has 0 aliphatic rings. The fourth-order valence-corrected chi connectivity index (χ4v) is 1.43. The summed E-state index contributed by atoms with van der Waals surface area (Å²) < 4.78 is 0. The van der Waals surface area contributed by atoms with Crippen LogP contribution >= 0.6 is 0 Å². The quantitative estimate of drug-likeness (QED) is 0.704. The predicted molar refractivity (Wildman–Crippen MR) is 67.5 cm³/mol. The summed E-state index contributed by atoms with van der Waals surface area (Å²) in [5.74, 6) is -0.308. The zero-order valence-corrected chi connectivity index (χ0v) is 10.3. The van der Waals surface area contributed by atoms with Crippen molar-refractivity contribution in [3.05, 3.63) is 23.9 Å². The van der Waals surface area contributed by atoms with Gasteiger partial charge in [-0.2, -0.15) is 0 Å². The van der Waals surface area contributed by atoms with Crippen molar-refractivity contribution in [2.45, 2.75) is 12.8 Å². The summed E-state index contributed by atoms with van der Waals surface area (Å²) in [6.45, 7) is 1.87. The molecule has 1 heterocycles. The molecule has 94 valence electrons. The number of anilines is 1. The summed E-state index contributed by atoms with van der Waals surface area (Å²) in [5, 5.41) is 11.9. The standard InChI is InChI=1S/C12H19N3O2/c1-15(2)8-4-3-6-13-11-9-10(12(16)17)5-7-14-11/h5,7,9H,3-4,6,8H2,1-2H3,(H,13,14)(H,16,17). The maximum Gasteiger partial charge on any atom is 0.335 e. The Morgan fingerprint density at radius 2 is 2.24 bits per heavy atom. The molecule has 1 rings (SSSR count). The largest absolute Gasteiger partial charge is 0.478 e. The Kier molecular flexibility index (Phi) is 5.42. The molecule has 0 saturated carbocycles. The average molecular weight is 237 g/mol. The summed E-state index contributed by atoms with van der Waals surface area (Å²) in [4.78, 5) is 17.0. The van der Waals surface area contributed by atoms with Crippen molar-refractivity contribution in [3.8, 4) is 0 Å². The van der Waals surface area contributed by atoms with Crippen LogP contribution in [0.3, 0.4) is 0 Å². The number of carbonyl (C=O) groups is 1. The molecule has 0 unspecified atom stereocenters. The minimum atomic E-state index is -0.928. The SMILES string of the molecule is CN(C)CCCCNc1cc(C(=O)O)ccn1. The fraction of sp³-hybridized carbons (Fsp3) is 0.500. The minimum Gasteiger partial charge on any atom is -0.478 e. The lowest BCUT2D eigenvalue weighted by molar-refractivity contribution is 0.0697. The van der Waals surface area contributed by atoms with Gasteiger partial charge in [-0.05, 0) is 45.6 Å². The predicted octanol–water partition coefficient (Wildman–Crippen LogP) is 1.53. The first kappa shape index (κ1) is 13.4. The maximum absolute atomic E-state index is 10.7. The molecule has 0 fully saturated rings. The molecule has 0 atom stereocenters. The van der Waals surface area contributed by atoms with Gasteiger partial charge in [-0.15, -0.1) is 0 Å². The Morgan fingerprint density at radius 3 is 2.88 bits per heavy atom. The van der Waals surface area contributed by atoms with Gasteiger partial charge < -0.3 is 15.3 Å². The molecular weight excluding hydrogens is 218 g/mol. The van der Waals surface area contributed by atoms with Gasteiger partial charge >= 0.3 is 5.97 Å². The summed E-state index contributed by atoms with van der Waals surface area (Å²) in [7, 11) is 4.09. The molecule has 5 heteroatoms. The second kappa shape index (κ2) is 6.85. The number of hydrogen-bond donors (Lipinski definition) is 2. The number of nitrogens with zero attached hydrogens (tertiary/aromatic N) is 2. The van der Waals surface area contributed by atoms with Crippen LogP contribution in [0.25, 0.3) is 0 Å². The maximum atomic E-state index is 10.7. The van der Waals surface area contributed by atoms with E-state index in [2.05, 4.69) is 15.2 Å². The average Bonchev–Trinajstić information content (AvgIpc) is 2.28. The van der Waals surface area contributed by atoms with Gasteiger partial charge in [0.25, 0.3) is 0 Å². The number of rotatable bonds is 7. The van der Waals surface area contributed by atoms with E-state index >= 15 is 0 Å². The molecule has 0 bridgehead atoms. The van der Waals surface area contributed by atoms with Crippen LogP contribution in [0.2, 0.25) is 0 Å². The molecule has 0 spiro atoms. The van der Waals surface area contributed by atoms with Crippen LogP contribution in [-0.4, -0.2) is 48.1 Å². The lowest BCUT2D eigenvalue weighted by Crippen LogP contribution is -2.14. The Morgan fingerprint density at radius 1 is 1.47 bits per heavy atom. The number of nitrogens with one attached hydrogen (secondary N) is 1. The molecule has 1 aromatic heterocycles. The number of carboxylic acid groups (broad SMARTS) is 1. The van der Waals surface area contributed by atoms with Gasteiger partial charge in [0.2, 0.25) is 0 Å². The third-order valence-corrected chi connectivity index (χ3v) is 2.35. The molecule has 0 amide bonds. The summed E-state index contributed by atoms with van der Waals surface area (Å²) in [6, 6.07) is 3.04. The molecule has 5 nitrogen and oxygen atoms in total. The summed E-state index contributed by atoms with van der Waals surface area (Å²) >= 11 is 0. The van der Waals surface area contributed by atoms with Gasteiger partial charge in [0.1, 0.15) is 5.82 Å². The first-order valence-corrected chi connectivity index (χ1v) is 5.67. The highest BCUT2D eigenvalue weighted by molar-refractivity contribution is 5.88. The molecule has 1 aromatic rings. The minimum absolute atomic E-state index is 0.260. The van der Waals surface area contributed by atoms with Gasteiger partial charge in [-0.25, -0.2) is 9.78 Å². The van der Waals surface area contributed by atoms with Crippen LogP contribution in [0, 0.1) is 0 Å². The van der Waals surface area contributed by atoms with Crippen LogP contribution in [0.15, 0.2) is 18.3 Å². The molecule has 0 aliphatic carbocycles. The van der Waals surface area contributed by atoms with Crippen LogP contribution in [0.1, 0.15) is 23.2 Å². The topological polar surface area (TPSA) is 65.5 Å². The van der Waals surface area contributed by atoms with E-state index in [0.29, 0.717) is 5.82 Å². The molecule has 17 heavy (non-hydrogen) atoms. The van der Waals surface area contributed by atoms with Crippen LogP contribution < -0.4 is 5.32 Å². The normalized spacial score (nSPS) is 10.5. The second-order valence-electron chi connectivity index (χ2n) is 4.17. The Hall–Kier alpha value is -1.62. The number of pyridine rings is 1. The van der Waals surface area contributed by atoms with E-state index in [4.69, 9.17) is 5.11 Å². The highest BCUT2D eigenvalue weighted by Gasteiger charge is 2.03. The molecular formula is C12H19N3O2. The van der Waals surface area contributed by atoms with Gasteiger partial charge in [-0.3, -0.25) is 0 Å². The monoisotopic (exact) mass is 237 g/mol. The van der Waals surface area contributed by atoms with Crippen LogP contribution in [0.4, 0.5) is 5.82 Å². The number of carboxylic acids is 1. The molecule has 0 radical (unpaired) electrons. The van der Waals surface area contributed by atoms with Gasteiger partial charge in [0, 0.05) is 12.7 Å². The van der Waals surface area contributed by atoms with Gasteiger partial charge in [0.15, 0.2) is 0 Å². The number of unbranched alkanes of at least 4 members (excludes halogenated alkanes) is 1.